The Morgan fingerprint density at radius 1 is 1.42 bits per heavy atom. The van der Waals surface area contributed by atoms with Gasteiger partial charge in [-0.3, -0.25) is 0 Å². The molecule has 0 amide bonds. The summed E-state index contributed by atoms with van der Waals surface area (Å²) in [4.78, 5) is 19.5. The SMILES string of the molecule is O=C(O)c1ccc2nc(NCC3CCC3)ncc2c1. The molecule has 5 heteroatoms. The Bertz CT molecular complexity index is 623. The summed E-state index contributed by atoms with van der Waals surface area (Å²) in [5.41, 5.74) is 1.02. The number of benzene rings is 1. The van der Waals surface area contributed by atoms with Gasteiger partial charge in [-0.05, 0) is 37.0 Å². The van der Waals surface area contributed by atoms with Gasteiger partial charge in [0.05, 0.1) is 11.1 Å². The summed E-state index contributed by atoms with van der Waals surface area (Å²) in [6.45, 7) is 0.915. The number of nitrogens with one attached hydrogen (secondary N) is 1. The van der Waals surface area contributed by atoms with Crippen molar-refractivity contribution in [1.29, 1.82) is 0 Å². The summed E-state index contributed by atoms with van der Waals surface area (Å²) in [5.74, 6) is 0.422. The molecule has 5 nitrogen and oxygen atoms in total. The molecule has 0 atom stereocenters. The zero-order chi connectivity index (χ0) is 13.2. The van der Waals surface area contributed by atoms with E-state index in [1.807, 2.05) is 0 Å². The molecule has 98 valence electrons. The molecule has 1 saturated carbocycles. The lowest BCUT2D eigenvalue weighted by Gasteiger charge is -2.25. The predicted octanol–water partition coefficient (Wildman–Crippen LogP) is 2.54. The number of anilines is 1. The molecule has 1 aromatic heterocycles. The quantitative estimate of drug-likeness (QED) is 0.880. The van der Waals surface area contributed by atoms with Crippen LogP contribution in [0.2, 0.25) is 0 Å². The minimum atomic E-state index is -0.936. The van der Waals surface area contributed by atoms with Crippen molar-refractivity contribution < 1.29 is 9.90 Å². The highest BCUT2D eigenvalue weighted by Crippen LogP contribution is 2.26. The van der Waals surface area contributed by atoms with Crippen LogP contribution in [0.15, 0.2) is 24.4 Å². The van der Waals surface area contributed by atoms with Crippen LogP contribution in [0.1, 0.15) is 29.6 Å². The van der Waals surface area contributed by atoms with E-state index in [0.29, 0.717) is 5.95 Å². The molecular formula is C14H15N3O2. The second-order valence-electron chi connectivity index (χ2n) is 4.95. The van der Waals surface area contributed by atoms with Crippen molar-refractivity contribution in [1.82, 2.24) is 9.97 Å². The van der Waals surface area contributed by atoms with Crippen LogP contribution in [0.4, 0.5) is 5.95 Å². The maximum absolute atomic E-state index is 10.9. The highest BCUT2D eigenvalue weighted by molar-refractivity contribution is 5.93. The van der Waals surface area contributed by atoms with Crippen molar-refractivity contribution >= 4 is 22.8 Å². The van der Waals surface area contributed by atoms with Gasteiger partial charge < -0.3 is 10.4 Å². The third-order valence-corrected chi connectivity index (χ3v) is 3.60. The van der Waals surface area contributed by atoms with E-state index in [1.165, 1.54) is 19.3 Å². The van der Waals surface area contributed by atoms with Gasteiger partial charge in [-0.2, -0.15) is 0 Å². The molecule has 0 aliphatic heterocycles. The lowest BCUT2D eigenvalue weighted by molar-refractivity contribution is 0.0697. The molecule has 1 aliphatic carbocycles. The summed E-state index contributed by atoms with van der Waals surface area (Å²) in [7, 11) is 0. The van der Waals surface area contributed by atoms with Crippen molar-refractivity contribution in [3.05, 3.63) is 30.0 Å². The number of nitrogens with zero attached hydrogens (tertiary/aromatic N) is 2. The third-order valence-electron chi connectivity index (χ3n) is 3.60. The number of carboxylic acids is 1. The number of carboxylic acid groups (broad SMARTS) is 1. The van der Waals surface area contributed by atoms with E-state index in [4.69, 9.17) is 5.11 Å². The Labute approximate surface area is 110 Å². The Morgan fingerprint density at radius 2 is 2.26 bits per heavy atom. The van der Waals surface area contributed by atoms with E-state index in [2.05, 4.69) is 15.3 Å². The van der Waals surface area contributed by atoms with Crippen LogP contribution in [0.5, 0.6) is 0 Å². The zero-order valence-corrected chi connectivity index (χ0v) is 10.5. The molecule has 0 saturated heterocycles. The van der Waals surface area contributed by atoms with Crippen molar-refractivity contribution in [2.24, 2.45) is 5.92 Å². The van der Waals surface area contributed by atoms with Crippen LogP contribution in [-0.2, 0) is 0 Å². The Morgan fingerprint density at radius 3 is 2.95 bits per heavy atom. The van der Waals surface area contributed by atoms with Crippen molar-refractivity contribution in [3.63, 3.8) is 0 Å². The van der Waals surface area contributed by atoms with Gasteiger partial charge in [-0.25, -0.2) is 14.8 Å². The lowest BCUT2D eigenvalue weighted by atomic mass is 9.85. The smallest absolute Gasteiger partial charge is 0.335 e. The van der Waals surface area contributed by atoms with Crippen LogP contribution in [0.3, 0.4) is 0 Å². The number of aromatic nitrogens is 2. The average molecular weight is 257 g/mol. The number of fused-ring (bicyclic) bond motifs is 1. The fourth-order valence-corrected chi connectivity index (χ4v) is 2.18. The van der Waals surface area contributed by atoms with Gasteiger partial charge >= 0.3 is 5.97 Å². The first-order valence-corrected chi connectivity index (χ1v) is 6.46. The minimum absolute atomic E-state index is 0.256. The summed E-state index contributed by atoms with van der Waals surface area (Å²) >= 11 is 0. The number of hydrogen-bond acceptors (Lipinski definition) is 4. The summed E-state index contributed by atoms with van der Waals surface area (Å²) in [6.07, 6.45) is 5.55. The highest BCUT2D eigenvalue weighted by atomic mass is 16.4. The van der Waals surface area contributed by atoms with Crippen LogP contribution in [0, 0.1) is 5.92 Å². The van der Waals surface area contributed by atoms with Crippen LogP contribution in [-0.4, -0.2) is 27.6 Å². The normalized spacial score (nSPS) is 15.2. The molecule has 3 rings (SSSR count). The molecule has 0 unspecified atom stereocenters. The molecule has 1 heterocycles. The lowest BCUT2D eigenvalue weighted by Crippen LogP contribution is -2.21. The number of aromatic carboxylic acids is 1. The van der Waals surface area contributed by atoms with Gasteiger partial charge in [0.15, 0.2) is 0 Å². The van der Waals surface area contributed by atoms with Gasteiger partial charge in [0.25, 0.3) is 0 Å². The zero-order valence-electron chi connectivity index (χ0n) is 10.5. The van der Waals surface area contributed by atoms with Crippen molar-refractivity contribution in [3.8, 4) is 0 Å². The number of rotatable bonds is 4. The molecular weight excluding hydrogens is 242 g/mol. The fourth-order valence-electron chi connectivity index (χ4n) is 2.18. The second kappa shape index (κ2) is 4.84. The number of carbonyl (C=O) groups is 1. The first-order chi connectivity index (χ1) is 9.22. The average Bonchev–Trinajstić information content (AvgIpc) is 2.36. The highest BCUT2D eigenvalue weighted by Gasteiger charge is 2.17. The van der Waals surface area contributed by atoms with Gasteiger partial charge in [-0.15, -0.1) is 0 Å². The maximum atomic E-state index is 10.9. The van der Waals surface area contributed by atoms with Crippen molar-refractivity contribution in [2.45, 2.75) is 19.3 Å². The second-order valence-corrected chi connectivity index (χ2v) is 4.95. The standard InChI is InChI=1S/C14H15N3O2/c18-13(19)10-4-5-12-11(6-10)8-16-14(17-12)15-7-9-2-1-3-9/h4-6,8-9H,1-3,7H2,(H,18,19)(H,15,16,17). The number of hydrogen-bond donors (Lipinski definition) is 2. The van der Waals surface area contributed by atoms with Gasteiger partial charge in [0.2, 0.25) is 5.95 Å². The maximum Gasteiger partial charge on any atom is 0.335 e. The summed E-state index contributed by atoms with van der Waals surface area (Å²) in [5, 5.41) is 12.9. The van der Waals surface area contributed by atoms with E-state index in [9.17, 15) is 4.79 Å². The molecule has 1 aliphatic rings. The van der Waals surface area contributed by atoms with Crippen molar-refractivity contribution in [2.75, 3.05) is 11.9 Å². The molecule has 2 aromatic rings. The van der Waals surface area contributed by atoms with Gasteiger partial charge in [0, 0.05) is 18.1 Å². The topological polar surface area (TPSA) is 75.1 Å². The molecule has 19 heavy (non-hydrogen) atoms. The van der Waals surface area contributed by atoms with E-state index < -0.39 is 5.97 Å². The van der Waals surface area contributed by atoms with E-state index in [1.54, 1.807) is 24.4 Å². The molecule has 0 bridgehead atoms. The summed E-state index contributed by atoms with van der Waals surface area (Å²) in [6, 6.07) is 4.87. The molecule has 1 fully saturated rings. The monoisotopic (exact) mass is 257 g/mol. The third kappa shape index (κ3) is 2.50. The fraction of sp³-hybridized carbons (Fsp3) is 0.357. The molecule has 1 aromatic carbocycles. The first-order valence-electron chi connectivity index (χ1n) is 6.46. The van der Waals surface area contributed by atoms with Gasteiger partial charge in [-0.1, -0.05) is 6.42 Å². The minimum Gasteiger partial charge on any atom is -0.478 e. The Balaban J connectivity index is 1.80. The Kier molecular flexibility index (Phi) is 3.03. The first kappa shape index (κ1) is 11.9. The van der Waals surface area contributed by atoms with Crippen LogP contribution in [0.25, 0.3) is 10.9 Å². The van der Waals surface area contributed by atoms with E-state index in [-0.39, 0.29) is 5.56 Å². The predicted molar refractivity (Wildman–Crippen MR) is 72.3 cm³/mol. The van der Waals surface area contributed by atoms with E-state index >= 15 is 0 Å². The molecule has 2 N–H and O–H groups in total. The summed E-state index contributed by atoms with van der Waals surface area (Å²) < 4.78 is 0. The molecule has 0 spiro atoms. The van der Waals surface area contributed by atoms with Crippen LogP contribution < -0.4 is 5.32 Å². The van der Waals surface area contributed by atoms with Gasteiger partial charge in [0.1, 0.15) is 0 Å². The largest absolute Gasteiger partial charge is 0.478 e. The Hall–Kier alpha value is -2.17. The van der Waals surface area contributed by atoms with E-state index in [0.717, 1.165) is 23.4 Å². The molecule has 0 radical (unpaired) electrons. The van der Waals surface area contributed by atoms with Crippen LogP contribution >= 0.6 is 0 Å².